The minimum Gasteiger partial charge on any atom is -0.365 e. The summed E-state index contributed by atoms with van der Waals surface area (Å²) in [6, 6.07) is 30.4. The molecule has 2 heterocycles. The Balaban J connectivity index is 1.65. The first-order chi connectivity index (χ1) is 16.2. The molecule has 1 atom stereocenters. The molecule has 2 aromatic heterocycles. The smallest absolute Gasteiger partial charge is 0.235 e. The molecule has 0 bridgehead atoms. The number of hydrogen-bond acceptors (Lipinski definition) is 2. The van der Waals surface area contributed by atoms with E-state index in [9.17, 15) is 4.79 Å². The summed E-state index contributed by atoms with van der Waals surface area (Å²) >= 11 is 0. The summed E-state index contributed by atoms with van der Waals surface area (Å²) in [5, 5.41) is 3.24. The molecule has 0 saturated heterocycles. The molecule has 0 aliphatic heterocycles. The van der Waals surface area contributed by atoms with Crippen molar-refractivity contribution in [2.24, 2.45) is 0 Å². The lowest BCUT2D eigenvalue weighted by Crippen LogP contribution is -2.46. The molecule has 0 radical (unpaired) electrons. The fraction of sp³-hybridized carbons (Fsp3) is 0.241. The number of H-pyrrole nitrogens is 1. The average Bonchev–Trinajstić information content (AvgIpc) is 3.42. The van der Waals surface area contributed by atoms with Gasteiger partial charge in [0, 0.05) is 36.7 Å². The summed E-state index contributed by atoms with van der Waals surface area (Å²) in [6.07, 6.45) is 6.02. The topological polar surface area (TPSA) is 57.8 Å². The van der Waals surface area contributed by atoms with Crippen LogP contribution in [0.25, 0.3) is 0 Å². The Labute approximate surface area is 196 Å². The van der Waals surface area contributed by atoms with E-state index in [1.54, 1.807) is 6.20 Å². The van der Waals surface area contributed by atoms with E-state index in [2.05, 4.69) is 52.5 Å². The molecule has 33 heavy (non-hydrogen) atoms. The summed E-state index contributed by atoms with van der Waals surface area (Å²) < 4.78 is 0. The Bertz CT molecular complexity index is 1070. The van der Waals surface area contributed by atoms with Crippen LogP contribution in [0.15, 0.2) is 103 Å². The number of carbonyl (C=O) groups is 1. The van der Waals surface area contributed by atoms with Crippen LogP contribution in [0, 0.1) is 0 Å². The first-order valence-electron chi connectivity index (χ1n) is 11.6. The molecule has 0 saturated carbocycles. The zero-order valence-corrected chi connectivity index (χ0v) is 19.1. The third-order valence-electron chi connectivity index (χ3n) is 6.42. The summed E-state index contributed by atoms with van der Waals surface area (Å²) in [7, 11) is 0. The average molecular weight is 438 g/mol. The van der Waals surface area contributed by atoms with Crippen molar-refractivity contribution in [3.63, 3.8) is 0 Å². The predicted octanol–water partition coefficient (Wildman–Crippen LogP) is 5.64. The number of nitrogens with one attached hydrogen (secondary N) is 2. The van der Waals surface area contributed by atoms with Gasteiger partial charge >= 0.3 is 0 Å². The molecule has 4 nitrogen and oxygen atoms in total. The molecule has 2 aromatic carbocycles. The molecule has 168 valence electrons. The summed E-state index contributed by atoms with van der Waals surface area (Å²) in [5.41, 5.74) is 3.44. The third kappa shape index (κ3) is 5.23. The highest BCUT2D eigenvalue weighted by Crippen LogP contribution is 2.39. The molecule has 1 unspecified atom stereocenters. The molecule has 0 aliphatic carbocycles. The van der Waals surface area contributed by atoms with Crippen molar-refractivity contribution in [1.82, 2.24) is 15.3 Å². The molecule has 0 spiro atoms. The van der Waals surface area contributed by atoms with E-state index in [-0.39, 0.29) is 5.91 Å². The predicted molar refractivity (Wildman–Crippen MR) is 133 cm³/mol. The Kier molecular flexibility index (Phi) is 7.36. The second-order valence-electron chi connectivity index (χ2n) is 8.53. The number of aromatic nitrogens is 2. The second-order valence-corrected chi connectivity index (χ2v) is 8.53. The molecular formula is C29H31N3O. The van der Waals surface area contributed by atoms with Crippen LogP contribution in [0.5, 0.6) is 0 Å². The first kappa shape index (κ1) is 22.5. The van der Waals surface area contributed by atoms with Crippen LogP contribution in [0.3, 0.4) is 0 Å². The molecule has 4 rings (SSSR count). The Hall–Kier alpha value is -3.66. The number of rotatable bonds is 10. The van der Waals surface area contributed by atoms with Gasteiger partial charge in [-0.2, -0.15) is 0 Å². The lowest BCUT2D eigenvalue weighted by atomic mass is 9.69. The van der Waals surface area contributed by atoms with Crippen LogP contribution in [0.1, 0.15) is 48.2 Å². The van der Waals surface area contributed by atoms with Crippen molar-refractivity contribution >= 4 is 5.91 Å². The van der Waals surface area contributed by atoms with Crippen LogP contribution < -0.4 is 5.32 Å². The molecular weight excluding hydrogens is 406 g/mol. The third-order valence-corrected chi connectivity index (χ3v) is 6.42. The second kappa shape index (κ2) is 10.8. The normalized spacial score (nSPS) is 12.3. The maximum Gasteiger partial charge on any atom is 0.235 e. The molecule has 1 amide bonds. The number of carbonyl (C=O) groups excluding carboxylic acids is 1. The first-order valence-corrected chi connectivity index (χ1v) is 11.6. The maximum atomic E-state index is 14.0. The van der Waals surface area contributed by atoms with Gasteiger partial charge in [-0.3, -0.25) is 9.78 Å². The van der Waals surface area contributed by atoms with Crippen molar-refractivity contribution in [3.05, 3.63) is 126 Å². The van der Waals surface area contributed by atoms with Gasteiger partial charge in [0.1, 0.15) is 0 Å². The van der Waals surface area contributed by atoms with Crippen molar-refractivity contribution in [1.29, 1.82) is 0 Å². The fourth-order valence-electron chi connectivity index (χ4n) is 4.52. The zero-order valence-electron chi connectivity index (χ0n) is 19.1. The number of hydrogen-bond donors (Lipinski definition) is 2. The fourth-order valence-corrected chi connectivity index (χ4v) is 4.52. The monoisotopic (exact) mass is 437 g/mol. The maximum absolute atomic E-state index is 14.0. The van der Waals surface area contributed by atoms with E-state index in [4.69, 9.17) is 0 Å². The minimum absolute atomic E-state index is 0.0366. The zero-order chi connectivity index (χ0) is 22.9. The number of aromatic amines is 1. The van der Waals surface area contributed by atoms with Gasteiger partial charge in [-0.05, 0) is 54.2 Å². The number of nitrogens with zero attached hydrogens (tertiary/aromatic N) is 1. The van der Waals surface area contributed by atoms with Gasteiger partial charge in [-0.1, -0.05) is 73.7 Å². The standard InChI is InChI=1S/C29H31N3O/c1-23(27-16-10-21-31-27)17-19-29(24-11-4-2-5-12-24,25-13-6-3-7-14-25)28(33)32-22-18-26-15-8-9-20-30-26/h2-16,20-21,23,31H,17-19,22H2,1H3,(H,32,33). The van der Waals surface area contributed by atoms with Gasteiger partial charge in [0.25, 0.3) is 0 Å². The number of benzene rings is 2. The lowest BCUT2D eigenvalue weighted by molar-refractivity contribution is -0.125. The Morgan fingerprint density at radius 2 is 1.58 bits per heavy atom. The summed E-state index contributed by atoms with van der Waals surface area (Å²) in [6.45, 7) is 2.76. The quantitative estimate of drug-likeness (QED) is 0.337. The molecule has 0 aliphatic rings. The van der Waals surface area contributed by atoms with Crippen LogP contribution >= 0.6 is 0 Å². The van der Waals surface area contributed by atoms with Gasteiger partial charge in [0.2, 0.25) is 5.91 Å². The van der Waals surface area contributed by atoms with Crippen molar-refractivity contribution in [3.8, 4) is 0 Å². The van der Waals surface area contributed by atoms with E-state index in [1.807, 2.05) is 66.9 Å². The van der Waals surface area contributed by atoms with E-state index in [1.165, 1.54) is 5.69 Å². The van der Waals surface area contributed by atoms with Gasteiger partial charge in [-0.15, -0.1) is 0 Å². The number of pyridine rings is 1. The van der Waals surface area contributed by atoms with Gasteiger partial charge in [0.15, 0.2) is 0 Å². The summed E-state index contributed by atoms with van der Waals surface area (Å²) in [4.78, 5) is 21.7. The van der Waals surface area contributed by atoms with Crippen molar-refractivity contribution in [2.75, 3.05) is 6.54 Å². The van der Waals surface area contributed by atoms with E-state index in [0.29, 0.717) is 25.3 Å². The Morgan fingerprint density at radius 3 is 2.15 bits per heavy atom. The van der Waals surface area contributed by atoms with Gasteiger partial charge in [-0.25, -0.2) is 0 Å². The van der Waals surface area contributed by atoms with Gasteiger partial charge in [0.05, 0.1) is 5.41 Å². The van der Waals surface area contributed by atoms with Crippen LogP contribution in [-0.2, 0) is 16.6 Å². The largest absolute Gasteiger partial charge is 0.365 e. The van der Waals surface area contributed by atoms with E-state index < -0.39 is 5.41 Å². The summed E-state index contributed by atoms with van der Waals surface area (Å²) in [5.74, 6) is 0.350. The SMILES string of the molecule is CC(CCC(C(=O)NCCc1ccccn1)(c1ccccc1)c1ccccc1)c1ccc[nH]1. The van der Waals surface area contributed by atoms with Crippen molar-refractivity contribution in [2.45, 2.75) is 37.5 Å². The highest BCUT2D eigenvalue weighted by atomic mass is 16.2. The van der Waals surface area contributed by atoms with Gasteiger partial charge < -0.3 is 10.3 Å². The van der Waals surface area contributed by atoms with E-state index in [0.717, 1.165) is 23.2 Å². The van der Waals surface area contributed by atoms with Crippen LogP contribution in [0.4, 0.5) is 0 Å². The highest BCUT2D eigenvalue weighted by Gasteiger charge is 2.41. The molecule has 2 N–H and O–H groups in total. The molecule has 4 aromatic rings. The van der Waals surface area contributed by atoms with Crippen LogP contribution in [0.2, 0.25) is 0 Å². The molecule has 4 heteroatoms. The molecule has 0 fully saturated rings. The van der Waals surface area contributed by atoms with Crippen LogP contribution in [-0.4, -0.2) is 22.4 Å². The number of amides is 1. The highest BCUT2D eigenvalue weighted by molar-refractivity contribution is 5.92. The Morgan fingerprint density at radius 1 is 0.909 bits per heavy atom. The minimum atomic E-state index is -0.770. The lowest BCUT2D eigenvalue weighted by Gasteiger charge is -2.35. The van der Waals surface area contributed by atoms with Crippen molar-refractivity contribution < 1.29 is 4.79 Å². The van der Waals surface area contributed by atoms with E-state index >= 15 is 0 Å².